The zero-order chi connectivity index (χ0) is 38.6. The van der Waals surface area contributed by atoms with Crippen LogP contribution in [-0.4, -0.2) is 0 Å². The number of rotatable bonds is 12. The molecular formula is C55H48N2. The molecule has 0 spiro atoms. The largest absolute Gasteiger partial charge is 0.310 e. The van der Waals surface area contributed by atoms with Crippen molar-refractivity contribution in [2.45, 2.75) is 44.9 Å². The minimum absolute atomic E-state index is 0.583. The van der Waals surface area contributed by atoms with Gasteiger partial charge in [0.25, 0.3) is 0 Å². The van der Waals surface area contributed by atoms with Crippen LogP contribution in [-0.2, 0) is 18.3 Å². The van der Waals surface area contributed by atoms with Gasteiger partial charge in [-0.15, -0.1) is 0 Å². The van der Waals surface area contributed by atoms with Gasteiger partial charge in [0.15, 0.2) is 0 Å². The number of aryl methyl sites for hydroxylation is 2. The number of fused-ring (bicyclic) bond motifs is 3. The molecule has 2 heteroatoms. The first-order valence-electron chi connectivity index (χ1n) is 20.5. The van der Waals surface area contributed by atoms with Crippen LogP contribution in [0.25, 0.3) is 11.1 Å². The normalized spacial score (nSPS) is 12.5. The van der Waals surface area contributed by atoms with Gasteiger partial charge in [0.2, 0.25) is 0 Å². The molecule has 0 atom stereocenters. The Labute approximate surface area is 338 Å². The fraction of sp³-hybridized carbons (Fsp3) is 0.127. The van der Waals surface area contributed by atoms with Crippen molar-refractivity contribution in [2.24, 2.45) is 0 Å². The molecule has 0 radical (unpaired) electrons. The molecule has 0 N–H and O–H groups in total. The lowest BCUT2D eigenvalue weighted by Crippen LogP contribution is -2.29. The Balaban J connectivity index is 1.29. The highest BCUT2D eigenvalue weighted by molar-refractivity contribution is 5.91. The predicted octanol–water partition coefficient (Wildman–Crippen LogP) is 14.9. The zero-order valence-corrected chi connectivity index (χ0v) is 32.9. The Hall–Kier alpha value is -6.64. The highest BCUT2D eigenvalue weighted by Crippen LogP contribution is 2.58. The minimum Gasteiger partial charge on any atom is -0.310 e. The third kappa shape index (κ3) is 6.62. The fourth-order valence-electron chi connectivity index (χ4n) is 8.99. The molecular weight excluding hydrogens is 689 g/mol. The molecule has 1 aliphatic carbocycles. The topological polar surface area (TPSA) is 6.48 Å². The molecule has 278 valence electrons. The van der Waals surface area contributed by atoms with Gasteiger partial charge in [0.1, 0.15) is 0 Å². The molecule has 0 aromatic heterocycles. The molecule has 0 unspecified atom stereocenters. The Morgan fingerprint density at radius 3 is 1.00 bits per heavy atom. The average molecular weight is 737 g/mol. The molecule has 8 aromatic rings. The lowest BCUT2D eigenvalue weighted by molar-refractivity contribution is 0.768. The van der Waals surface area contributed by atoms with Crippen LogP contribution in [0.15, 0.2) is 206 Å². The second-order valence-electron chi connectivity index (χ2n) is 15.1. The first-order valence-corrected chi connectivity index (χ1v) is 20.5. The van der Waals surface area contributed by atoms with Crippen LogP contribution >= 0.6 is 0 Å². The Kier molecular flexibility index (Phi) is 10.0. The molecule has 0 fully saturated rings. The fourth-order valence-corrected chi connectivity index (χ4v) is 8.99. The van der Waals surface area contributed by atoms with Crippen molar-refractivity contribution in [2.75, 3.05) is 9.80 Å². The Bertz CT molecular complexity index is 2380. The van der Waals surface area contributed by atoms with E-state index in [-0.39, 0.29) is 0 Å². The number of hydrogen-bond acceptors (Lipinski definition) is 2. The van der Waals surface area contributed by atoms with Crippen LogP contribution in [0.4, 0.5) is 34.1 Å². The highest BCUT2D eigenvalue weighted by Gasteiger charge is 2.47. The van der Waals surface area contributed by atoms with Gasteiger partial charge in [-0.3, -0.25) is 0 Å². The summed E-state index contributed by atoms with van der Waals surface area (Å²) in [6.07, 6.45) is 4.41. The van der Waals surface area contributed by atoms with Gasteiger partial charge in [0.05, 0.1) is 5.41 Å². The molecule has 2 nitrogen and oxygen atoms in total. The third-order valence-corrected chi connectivity index (χ3v) is 11.5. The molecule has 0 amide bonds. The summed E-state index contributed by atoms with van der Waals surface area (Å²) in [5.41, 5.74) is 16.5. The van der Waals surface area contributed by atoms with Crippen LogP contribution < -0.4 is 9.80 Å². The predicted molar refractivity (Wildman–Crippen MR) is 241 cm³/mol. The van der Waals surface area contributed by atoms with E-state index in [1.165, 1.54) is 44.5 Å². The Morgan fingerprint density at radius 1 is 0.333 bits per heavy atom. The number of anilines is 6. The summed E-state index contributed by atoms with van der Waals surface area (Å²) in [5, 5.41) is 0. The van der Waals surface area contributed by atoms with E-state index in [1.54, 1.807) is 0 Å². The molecule has 0 bridgehead atoms. The van der Waals surface area contributed by atoms with Gasteiger partial charge in [0, 0.05) is 34.1 Å². The van der Waals surface area contributed by atoms with Gasteiger partial charge in [-0.2, -0.15) is 0 Å². The molecule has 57 heavy (non-hydrogen) atoms. The quantitative estimate of drug-likeness (QED) is 0.123. The monoisotopic (exact) mass is 736 g/mol. The highest BCUT2D eigenvalue weighted by atomic mass is 15.1. The summed E-state index contributed by atoms with van der Waals surface area (Å²) in [6.45, 7) is 4.48. The maximum absolute atomic E-state index is 2.46. The molecule has 9 rings (SSSR count). The maximum atomic E-state index is 2.46. The van der Waals surface area contributed by atoms with Crippen molar-refractivity contribution in [3.05, 3.63) is 240 Å². The smallest absolute Gasteiger partial charge is 0.0715 e. The van der Waals surface area contributed by atoms with E-state index >= 15 is 0 Å². The first-order chi connectivity index (χ1) is 28.2. The van der Waals surface area contributed by atoms with E-state index in [4.69, 9.17) is 0 Å². The van der Waals surface area contributed by atoms with Crippen molar-refractivity contribution < 1.29 is 0 Å². The summed E-state index contributed by atoms with van der Waals surface area (Å²) in [6, 6.07) is 76.3. The number of benzene rings is 8. The first kappa shape index (κ1) is 36.0. The van der Waals surface area contributed by atoms with Gasteiger partial charge < -0.3 is 9.80 Å². The second-order valence-corrected chi connectivity index (χ2v) is 15.1. The summed E-state index contributed by atoms with van der Waals surface area (Å²) in [7, 11) is 0. The molecule has 0 aliphatic heterocycles. The van der Waals surface area contributed by atoms with Crippen molar-refractivity contribution in [1.29, 1.82) is 0 Å². The van der Waals surface area contributed by atoms with Crippen LogP contribution in [0.5, 0.6) is 0 Å². The molecule has 8 aromatic carbocycles. The maximum Gasteiger partial charge on any atom is 0.0715 e. The summed E-state index contributed by atoms with van der Waals surface area (Å²) >= 11 is 0. The lowest BCUT2D eigenvalue weighted by atomic mass is 9.67. The average Bonchev–Trinajstić information content (AvgIpc) is 3.56. The molecule has 0 saturated heterocycles. The van der Waals surface area contributed by atoms with E-state index in [1.807, 2.05) is 0 Å². The van der Waals surface area contributed by atoms with Crippen molar-refractivity contribution in [3.63, 3.8) is 0 Å². The molecule has 0 saturated carbocycles. The second kappa shape index (κ2) is 15.8. The van der Waals surface area contributed by atoms with E-state index in [2.05, 4.69) is 230 Å². The van der Waals surface area contributed by atoms with Gasteiger partial charge in [-0.25, -0.2) is 0 Å². The van der Waals surface area contributed by atoms with Crippen molar-refractivity contribution >= 4 is 34.1 Å². The number of nitrogens with zero attached hydrogens (tertiary/aromatic N) is 2. The zero-order valence-electron chi connectivity index (χ0n) is 32.9. The summed E-state index contributed by atoms with van der Waals surface area (Å²) in [4.78, 5) is 4.81. The van der Waals surface area contributed by atoms with E-state index in [0.29, 0.717) is 0 Å². The van der Waals surface area contributed by atoms with Crippen LogP contribution in [0.2, 0.25) is 0 Å². The number of hydrogen-bond donors (Lipinski definition) is 0. The molecule has 1 aliphatic rings. The summed E-state index contributed by atoms with van der Waals surface area (Å²) in [5.74, 6) is 0. The van der Waals surface area contributed by atoms with Gasteiger partial charge in [-0.1, -0.05) is 160 Å². The third-order valence-electron chi connectivity index (χ3n) is 11.5. The summed E-state index contributed by atoms with van der Waals surface area (Å²) < 4.78 is 0. The van der Waals surface area contributed by atoms with E-state index < -0.39 is 5.41 Å². The number of para-hydroxylation sites is 2. The standard InChI is InChI=1S/C55H48N2/c1-3-17-41-27-31-47(32-28-41)56(45-23-13-7-14-24-45)49-35-37-51-52-38-36-50(57(46-25-15-8-16-26-46)48-33-29-42(18-4-2)30-34-48)40-54(52)55(53(51)39-49,43-19-9-5-10-20-43)44-21-11-6-12-22-44/h5-16,19-40H,3-4,17-18H2,1-2H3. The van der Waals surface area contributed by atoms with E-state index in [9.17, 15) is 0 Å². The Morgan fingerprint density at radius 2 is 0.649 bits per heavy atom. The van der Waals surface area contributed by atoms with E-state index in [0.717, 1.165) is 59.8 Å². The van der Waals surface area contributed by atoms with Gasteiger partial charge in [-0.05, 0) is 130 Å². The lowest BCUT2D eigenvalue weighted by Gasteiger charge is -2.35. The van der Waals surface area contributed by atoms with Crippen LogP contribution in [0, 0.1) is 0 Å². The van der Waals surface area contributed by atoms with Crippen molar-refractivity contribution in [3.8, 4) is 11.1 Å². The SMILES string of the molecule is CCCc1ccc(N(c2ccccc2)c2ccc3c(c2)C(c2ccccc2)(c2ccccc2)c2cc(N(c4ccccc4)c4ccc(CCC)cc4)ccc2-3)cc1. The van der Waals surface area contributed by atoms with Crippen molar-refractivity contribution in [1.82, 2.24) is 0 Å². The minimum atomic E-state index is -0.583. The molecule has 0 heterocycles. The van der Waals surface area contributed by atoms with Crippen LogP contribution in [0.3, 0.4) is 0 Å². The van der Waals surface area contributed by atoms with Crippen LogP contribution in [0.1, 0.15) is 60.1 Å². The van der Waals surface area contributed by atoms with Gasteiger partial charge >= 0.3 is 0 Å².